The molecule has 0 saturated heterocycles. The Morgan fingerprint density at radius 1 is 1.07 bits per heavy atom. The van der Waals surface area contributed by atoms with Crippen molar-refractivity contribution in [1.29, 1.82) is 0 Å². The summed E-state index contributed by atoms with van der Waals surface area (Å²) in [5.74, 6) is -0.119. The molecule has 0 unspecified atom stereocenters. The molecule has 4 amide bonds. The predicted molar refractivity (Wildman–Crippen MR) is 162 cm³/mol. The summed E-state index contributed by atoms with van der Waals surface area (Å²) >= 11 is 0. The van der Waals surface area contributed by atoms with Gasteiger partial charge >= 0.3 is 0 Å². The minimum atomic E-state index is -0.979. The van der Waals surface area contributed by atoms with E-state index < -0.39 is 23.9 Å². The van der Waals surface area contributed by atoms with Gasteiger partial charge in [0.1, 0.15) is 24.4 Å². The van der Waals surface area contributed by atoms with E-state index in [1.54, 1.807) is 38.3 Å². The molecule has 0 aliphatic carbocycles. The summed E-state index contributed by atoms with van der Waals surface area (Å²) in [5, 5.41) is 11.3. The maximum atomic E-state index is 13.3. The average Bonchev–Trinajstić information content (AvgIpc) is 2.99. The Hall–Kier alpha value is -4.28. The fraction of sp³-hybridized carbons (Fsp3) is 0.500. The van der Waals surface area contributed by atoms with Gasteiger partial charge in [0, 0.05) is 13.0 Å². The van der Waals surface area contributed by atoms with Gasteiger partial charge in [0.15, 0.2) is 11.5 Å². The monoisotopic (exact) mass is 596 g/mol. The second-order valence-electron chi connectivity index (χ2n) is 10.9. The zero-order valence-electron chi connectivity index (χ0n) is 25.7. The van der Waals surface area contributed by atoms with Gasteiger partial charge in [-0.15, -0.1) is 0 Å². The van der Waals surface area contributed by atoms with E-state index in [2.05, 4.69) is 21.3 Å². The molecule has 3 rings (SSSR count). The number of fused-ring (bicyclic) bond motifs is 1. The molecule has 0 bridgehead atoms. The van der Waals surface area contributed by atoms with Gasteiger partial charge in [-0.3, -0.25) is 19.2 Å². The molecule has 3 atom stereocenters. The Kier molecular flexibility index (Phi) is 12.7. The maximum Gasteiger partial charge on any atom is 0.255 e. The van der Waals surface area contributed by atoms with Crippen LogP contribution in [0.5, 0.6) is 17.2 Å². The number of nitrogens with one attached hydrogen (secondary N) is 4. The topological polar surface area (TPSA) is 144 Å². The van der Waals surface area contributed by atoms with Gasteiger partial charge in [-0.25, -0.2) is 0 Å². The van der Waals surface area contributed by atoms with E-state index in [1.807, 2.05) is 39.0 Å². The highest BCUT2D eigenvalue weighted by atomic mass is 16.5. The molecule has 1 heterocycles. The van der Waals surface area contributed by atoms with Gasteiger partial charge in [0.25, 0.3) is 5.91 Å². The number of ether oxygens (including phenoxy) is 3. The number of amides is 4. The number of rotatable bonds is 9. The van der Waals surface area contributed by atoms with Crippen LogP contribution in [0.1, 0.15) is 62.9 Å². The van der Waals surface area contributed by atoms with Crippen LogP contribution in [0.15, 0.2) is 42.5 Å². The molecule has 0 spiro atoms. The van der Waals surface area contributed by atoms with Crippen LogP contribution < -0.4 is 35.5 Å². The van der Waals surface area contributed by atoms with Gasteiger partial charge < -0.3 is 35.5 Å². The van der Waals surface area contributed by atoms with Crippen LogP contribution in [0, 0.1) is 5.92 Å². The molecule has 0 fully saturated rings. The van der Waals surface area contributed by atoms with Crippen LogP contribution in [0.3, 0.4) is 0 Å². The van der Waals surface area contributed by atoms with Gasteiger partial charge in [-0.05, 0) is 68.9 Å². The van der Waals surface area contributed by atoms with E-state index in [1.165, 1.54) is 0 Å². The Morgan fingerprint density at radius 3 is 2.56 bits per heavy atom. The standard InChI is InChI=1S/C32H44N4O7/c1-6-42-26-15-13-22(18-27(26)41-5)10-9-17-33-31(39)24-14-16-28(37)36-29(20(2)3)32(40)34-21(4)19-43-25-12-8-7-11-23(25)30(38)35-24/h7-8,11-13,15,18,20-21,24,29H,6,9-10,14,16-17,19H2,1-5H3,(H,33,39)(H,34,40)(H,35,38)(H,36,37)/t21-,24-,29+/m0/s1. The van der Waals surface area contributed by atoms with Crippen molar-refractivity contribution in [1.82, 2.24) is 21.3 Å². The molecule has 234 valence electrons. The normalized spacial score (nSPS) is 19.9. The van der Waals surface area contributed by atoms with Gasteiger partial charge in [-0.1, -0.05) is 32.0 Å². The first kappa shape index (κ1) is 33.2. The number of hydrogen-bond donors (Lipinski definition) is 4. The molecule has 0 aromatic heterocycles. The number of carbonyl (C=O) groups excluding carboxylic acids is 4. The highest BCUT2D eigenvalue weighted by molar-refractivity contribution is 5.99. The van der Waals surface area contributed by atoms with Crippen molar-refractivity contribution in [3.8, 4) is 17.2 Å². The molecule has 0 saturated carbocycles. The molecule has 4 N–H and O–H groups in total. The number of methoxy groups -OCH3 is 1. The first-order chi connectivity index (χ1) is 20.6. The molecular weight excluding hydrogens is 552 g/mol. The lowest BCUT2D eigenvalue weighted by molar-refractivity contribution is -0.131. The maximum absolute atomic E-state index is 13.3. The molecular formula is C32H44N4O7. The third-order valence-electron chi connectivity index (χ3n) is 7.03. The SMILES string of the molecule is CCOc1ccc(CCCNC(=O)[C@@H]2CCC(=O)N[C@H](C(C)C)C(=O)N[C@@H](C)COc3ccccc3C(=O)N2)cc1OC. The fourth-order valence-corrected chi connectivity index (χ4v) is 4.70. The first-order valence-corrected chi connectivity index (χ1v) is 14.8. The van der Waals surface area contributed by atoms with Crippen molar-refractivity contribution in [3.63, 3.8) is 0 Å². The summed E-state index contributed by atoms with van der Waals surface area (Å²) in [6, 6.07) is 10.3. The second-order valence-corrected chi connectivity index (χ2v) is 10.9. The third kappa shape index (κ3) is 9.90. The van der Waals surface area contributed by atoms with Crippen molar-refractivity contribution in [3.05, 3.63) is 53.6 Å². The van der Waals surface area contributed by atoms with E-state index in [0.29, 0.717) is 43.2 Å². The second kappa shape index (κ2) is 16.4. The number of hydrogen-bond acceptors (Lipinski definition) is 7. The quantitative estimate of drug-likeness (QED) is 0.326. The summed E-state index contributed by atoms with van der Waals surface area (Å²) in [5.41, 5.74) is 1.28. The number of aryl methyl sites for hydroxylation is 1. The van der Waals surface area contributed by atoms with E-state index >= 15 is 0 Å². The molecule has 2 aromatic rings. The number of para-hydroxylation sites is 1. The van der Waals surface area contributed by atoms with Gasteiger partial charge in [0.05, 0.1) is 25.3 Å². The highest BCUT2D eigenvalue weighted by Crippen LogP contribution is 2.28. The zero-order chi connectivity index (χ0) is 31.4. The Morgan fingerprint density at radius 2 is 1.84 bits per heavy atom. The van der Waals surface area contributed by atoms with E-state index in [-0.39, 0.29) is 48.8 Å². The van der Waals surface area contributed by atoms with E-state index in [4.69, 9.17) is 14.2 Å². The van der Waals surface area contributed by atoms with Crippen molar-refractivity contribution in [2.45, 2.75) is 71.5 Å². The summed E-state index contributed by atoms with van der Waals surface area (Å²) in [6.45, 7) is 8.38. The Balaban J connectivity index is 1.71. The molecule has 1 aliphatic heterocycles. The van der Waals surface area contributed by atoms with Gasteiger partial charge in [0.2, 0.25) is 17.7 Å². The van der Waals surface area contributed by atoms with Crippen molar-refractivity contribution < 1.29 is 33.4 Å². The largest absolute Gasteiger partial charge is 0.493 e. The molecule has 1 aliphatic rings. The summed E-state index contributed by atoms with van der Waals surface area (Å²) in [6.07, 6.45) is 1.31. The number of carbonyl (C=O) groups is 4. The molecule has 0 radical (unpaired) electrons. The van der Waals surface area contributed by atoms with Crippen LogP contribution in [0.4, 0.5) is 0 Å². The third-order valence-corrected chi connectivity index (χ3v) is 7.03. The number of benzene rings is 2. The Bertz CT molecular complexity index is 1270. The minimum absolute atomic E-state index is 0.0470. The first-order valence-electron chi connectivity index (χ1n) is 14.8. The molecule has 2 aromatic carbocycles. The van der Waals surface area contributed by atoms with Crippen molar-refractivity contribution in [2.24, 2.45) is 5.92 Å². The lowest BCUT2D eigenvalue weighted by Gasteiger charge is -2.24. The lowest BCUT2D eigenvalue weighted by Crippen LogP contribution is -2.52. The summed E-state index contributed by atoms with van der Waals surface area (Å²) in [4.78, 5) is 52.4. The average molecular weight is 597 g/mol. The summed E-state index contributed by atoms with van der Waals surface area (Å²) < 4.78 is 16.9. The predicted octanol–water partition coefficient (Wildman–Crippen LogP) is 2.76. The fourth-order valence-electron chi connectivity index (χ4n) is 4.70. The summed E-state index contributed by atoms with van der Waals surface area (Å²) in [7, 11) is 1.59. The zero-order valence-corrected chi connectivity index (χ0v) is 25.7. The smallest absolute Gasteiger partial charge is 0.255 e. The van der Waals surface area contributed by atoms with E-state index in [9.17, 15) is 19.2 Å². The Labute approximate surface area is 253 Å². The van der Waals surface area contributed by atoms with Crippen molar-refractivity contribution in [2.75, 3.05) is 26.9 Å². The van der Waals surface area contributed by atoms with Crippen LogP contribution in [-0.2, 0) is 20.8 Å². The lowest BCUT2D eigenvalue weighted by atomic mass is 10.0. The van der Waals surface area contributed by atoms with Crippen LogP contribution >= 0.6 is 0 Å². The van der Waals surface area contributed by atoms with Crippen LogP contribution in [0.2, 0.25) is 0 Å². The van der Waals surface area contributed by atoms with Crippen molar-refractivity contribution >= 4 is 23.6 Å². The minimum Gasteiger partial charge on any atom is -0.493 e. The molecule has 11 nitrogen and oxygen atoms in total. The van der Waals surface area contributed by atoms with Crippen LogP contribution in [-0.4, -0.2) is 68.6 Å². The van der Waals surface area contributed by atoms with Gasteiger partial charge in [-0.2, -0.15) is 0 Å². The molecule has 11 heteroatoms. The van der Waals surface area contributed by atoms with E-state index in [0.717, 1.165) is 5.56 Å². The van der Waals surface area contributed by atoms with Crippen LogP contribution in [0.25, 0.3) is 0 Å². The highest BCUT2D eigenvalue weighted by Gasteiger charge is 2.28. The molecule has 43 heavy (non-hydrogen) atoms.